The lowest BCUT2D eigenvalue weighted by Gasteiger charge is -2.16. The number of nitrogens with two attached hydrogens (primary N) is 1. The molecule has 2 aromatic heterocycles. The van der Waals surface area contributed by atoms with E-state index in [0.29, 0.717) is 16.5 Å². The average Bonchev–Trinajstić information content (AvgIpc) is 2.88. The Bertz CT molecular complexity index is 1530. The number of nitrogens with one attached hydrogen (secondary N) is 2. The maximum absolute atomic E-state index is 13.3. The number of rotatable bonds is 9. The van der Waals surface area contributed by atoms with E-state index in [1.807, 2.05) is 0 Å². The van der Waals surface area contributed by atoms with Gasteiger partial charge in [-0.05, 0) is 55.0 Å². The number of ether oxygens (including phenoxy) is 1. The van der Waals surface area contributed by atoms with E-state index in [0.717, 1.165) is 5.56 Å². The second-order valence-corrected chi connectivity index (χ2v) is 8.62. The highest BCUT2D eigenvalue weighted by molar-refractivity contribution is 6.30. The molecule has 0 saturated carbocycles. The molecule has 0 aliphatic carbocycles. The number of benzene rings is 2. The molecule has 0 fully saturated rings. The number of amides is 2. The summed E-state index contributed by atoms with van der Waals surface area (Å²) in [5.41, 5.74) is 5.53. The molecule has 0 aliphatic rings. The van der Waals surface area contributed by atoms with E-state index in [-0.39, 0.29) is 23.9 Å². The smallest absolute Gasteiger partial charge is 0.287 e. The molecule has 0 bridgehead atoms. The Morgan fingerprint density at radius 2 is 1.79 bits per heavy atom. The Hall–Kier alpha value is -4.77. The van der Waals surface area contributed by atoms with Crippen molar-refractivity contribution in [3.05, 3.63) is 105 Å². The number of primary amides is 1. The van der Waals surface area contributed by atoms with Gasteiger partial charge in [0.15, 0.2) is 0 Å². The Morgan fingerprint density at radius 1 is 1.08 bits per heavy atom. The van der Waals surface area contributed by atoms with E-state index in [1.54, 1.807) is 53.1 Å². The highest BCUT2D eigenvalue weighted by Gasteiger charge is 2.19. The summed E-state index contributed by atoms with van der Waals surface area (Å²) in [6.07, 6.45) is 1.35. The van der Waals surface area contributed by atoms with Crippen LogP contribution in [0.1, 0.15) is 22.8 Å². The molecule has 4 N–H and O–H groups in total. The fraction of sp³-hybridized carbons (Fsp3) is 0.115. The van der Waals surface area contributed by atoms with Crippen molar-refractivity contribution in [1.29, 1.82) is 0 Å². The molecule has 0 aliphatic heterocycles. The second kappa shape index (κ2) is 11.5. The van der Waals surface area contributed by atoms with Gasteiger partial charge in [0, 0.05) is 23.0 Å². The van der Waals surface area contributed by atoms with Gasteiger partial charge in [0.2, 0.25) is 23.7 Å². The van der Waals surface area contributed by atoms with Crippen molar-refractivity contribution in [2.24, 2.45) is 5.73 Å². The Balaban J connectivity index is 1.61. The normalized spacial score (nSPS) is 11.4. The predicted molar refractivity (Wildman–Crippen MR) is 139 cm³/mol. The van der Waals surface area contributed by atoms with Crippen LogP contribution in [-0.4, -0.2) is 32.4 Å². The quantitative estimate of drug-likeness (QED) is 0.277. The zero-order valence-corrected chi connectivity index (χ0v) is 20.8. The Morgan fingerprint density at radius 3 is 2.45 bits per heavy atom. The van der Waals surface area contributed by atoms with Crippen LogP contribution in [0.5, 0.6) is 11.6 Å². The number of nitrogens with zero attached hydrogens (tertiary/aromatic N) is 3. The number of anilines is 2. The second-order valence-electron chi connectivity index (χ2n) is 8.19. The Labute approximate surface area is 221 Å². The molecule has 194 valence electrons. The van der Waals surface area contributed by atoms with Crippen LogP contribution in [-0.2, 0) is 11.3 Å². The molecule has 1 atom stereocenters. The summed E-state index contributed by atoms with van der Waals surface area (Å²) < 4.78 is 20.4. The van der Waals surface area contributed by atoms with Crippen LogP contribution >= 0.6 is 11.6 Å². The largest absolute Gasteiger partial charge is 0.439 e. The van der Waals surface area contributed by atoms with Crippen molar-refractivity contribution < 1.29 is 18.7 Å². The molecule has 2 heterocycles. The number of pyridine rings is 1. The van der Waals surface area contributed by atoms with Crippen LogP contribution in [0.15, 0.2) is 77.7 Å². The highest BCUT2D eigenvalue weighted by Crippen LogP contribution is 2.23. The van der Waals surface area contributed by atoms with Gasteiger partial charge in [-0.15, -0.1) is 0 Å². The van der Waals surface area contributed by atoms with Gasteiger partial charge >= 0.3 is 0 Å². The molecular formula is C26H22ClFN6O4. The zero-order valence-electron chi connectivity index (χ0n) is 20.0. The number of carbonyl (C=O) groups is 2. The van der Waals surface area contributed by atoms with E-state index in [1.165, 1.54) is 31.3 Å². The van der Waals surface area contributed by atoms with Crippen LogP contribution in [0.3, 0.4) is 0 Å². The van der Waals surface area contributed by atoms with E-state index < -0.39 is 29.4 Å². The van der Waals surface area contributed by atoms with E-state index >= 15 is 0 Å². The van der Waals surface area contributed by atoms with Crippen LogP contribution in [0, 0.1) is 5.95 Å². The lowest BCUT2D eigenvalue weighted by atomic mass is 10.2. The fourth-order valence-electron chi connectivity index (χ4n) is 3.30. The van der Waals surface area contributed by atoms with E-state index in [9.17, 15) is 18.8 Å². The van der Waals surface area contributed by atoms with Crippen LogP contribution in [0.25, 0.3) is 0 Å². The lowest BCUT2D eigenvalue weighted by molar-refractivity contribution is -0.119. The van der Waals surface area contributed by atoms with Gasteiger partial charge in [-0.25, -0.2) is 0 Å². The van der Waals surface area contributed by atoms with Gasteiger partial charge in [0.1, 0.15) is 17.4 Å². The van der Waals surface area contributed by atoms with Crippen molar-refractivity contribution in [2.45, 2.75) is 19.5 Å². The molecule has 12 heteroatoms. The topological polar surface area (TPSA) is 141 Å². The average molecular weight is 537 g/mol. The standard InChI is InChI=1S/C26H22ClFN6O4/c1-15(23(29)35)30-24(36)20-14-34(13-16-5-7-17(27)8-6-16)26(33-25(20)37)31-18-9-11-19(12-10-18)38-22-4-2-3-21(28)32-22/h2-12,14-15H,13H2,1H3,(H2,29,35)(H,30,36)(H,31,33,37)/t15-/m0/s1. The lowest BCUT2D eigenvalue weighted by Crippen LogP contribution is -2.44. The number of aromatic nitrogens is 3. The van der Waals surface area contributed by atoms with Gasteiger partial charge < -0.3 is 25.7 Å². The van der Waals surface area contributed by atoms with Gasteiger partial charge in [-0.2, -0.15) is 14.4 Å². The maximum Gasteiger partial charge on any atom is 0.287 e. The summed E-state index contributed by atoms with van der Waals surface area (Å²) in [6.45, 7) is 1.65. The molecule has 2 aromatic carbocycles. The molecule has 0 saturated heterocycles. The third-order valence-electron chi connectivity index (χ3n) is 5.30. The summed E-state index contributed by atoms with van der Waals surface area (Å²) in [7, 11) is 0. The molecule has 0 spiro atoms. The zero-order chi connectivity index (χ0) is 27.2. The minimum absolute atomic E-state index is 0.101. The molecule has 4 rings (SSSR count). The fourth-order valence-corrected chi connectivity index (χ4v) is 3.43. The first-order chi connectivity index (χ1) is 18.2. The molecule has 38 heavy (non-hydrogen) atoms. The minimum Gasteiger partial charge on any atom is -0.439 e. The molecule has 0 radical (unpaired) electrons. The van der Waals surface area contributed by atoms with Crippen LogP contribution in [0.4, 0.5) is 16.0 Å². The first-order valence-electron chi connectivity index (χ1n) is 11.3. The highest BCUT2D eigenvalue weighted by atomic mass is 35.5. The summed E-state index contributed by atoms with van der Waals surface area (Å²) in [5, 5.41) is 6.00. The number of hydrogen-bond acceptors (Lipinski definition) is 7. The minimum atomic E-state index is -0.979. The van der Waals surface area contributed by atoms with Crippen molar-refractivity contribution in [2.75, 3.05) is 5.32 Å². The van der Waals surface area contributed by atoms with Crippen molar-refractivity contribution >= 4 is 35.1 Å². The first-order valence-corrected chi connectivity index (χ1v) is 11.7. The summed E-state index contributed by atoms with van der Waals surface area (Å²) in [5.74, 6) is -1.51. The predicted octanol–water partition coefficient (Wildman–Crippen LogP) is 3.62. The summed E-state index contributed by atoms with van der Waals surface area (Å²) in [4.78, 5) is 44.5. The van der Waals surface area contributed by atoms with Crippen LogP contribution in [0.2, 0.25) is 5.02 Å². The van der Waals surface area contributed by atoms with Gasteiger partial charge in [0.25, 0.3) is 11.5 Å². The number of hydrogen-bond donors (Lipinski definition) is 3. The van der Waals surface area contributed by atoms with E-state index in [4.69, 9.17) is 22.1 Å². The van der Waals surface area contributed by atoms with Crippen molar-refractivity contribution in [1.82, 2.24) is 19.9 Å². The summed E-state index contributed by atoms with van der Waals surface area (Å²) in [6, 6.07) is 16.9. The van der Waals surface area contributed by atoms with Crippen molar-refractivity contribution in [3.63, 3.8) is 0 Å². The van der Waals surface area contributed by atoms with Crippen molar-refractivity contribution in [3.8, 4) is 11.6 Å². The van der Waals surface area contributed by atoms with Gasteiger partial charge in [-0.1, -0.05) is 29.8 Å². The molecular weight excluding hydrogens is 515 g/mol. The van der Waals surface area contributed by atoms with E-state index in [2.05, 4.69) is 20.6 Å². The third-order valence-corrected chi connectivity index (χ3v) is 5.55. The van der Waals surface area contributed by atoms with Crippen LogP contribution < -0.4 is 26.7 Å². The monoisotopic (exact) mass is 536 g/mol. The third kappa shape index (κ3) is 6.71. The molecule has 4 aromatic rings. The van der Waals surface area contributed by atoms with Gasteiger partial charge in [0.05, 0.1) is 6.54 Å². The molecule has 0 unspecified atom stereocenters. The maximum atomic E-state index is 13.3. The molecule has 10 nitrogen and oxygen atoms in total. The number of carbonyl (C=O) groups excluding carboxylic acids is 2. The SMILES string of the molecule is C[C@H](NC(=O)c1cn(Cc2ccc(Cl)cc2)c(Nc2ccc(Oc3cccc(F)n3)cc2)nc1=O)C(N)=O. The molecule has 2 amide bonds. The number of halogens is 2. The summed E-state index contributed by atoms with van der Waals surface area (Å²) >= 11 is 5.99. The van der Waals surface area contributed by atoms with Gasteiger partial charge in [-0.3, -0.25) is 14.4 Å². The first kappa shape index (κ1) is 26.3. The Kier molecular flexibility index (Phi) is 7.97.